The lowest BCUT2D eigenvalue weighted by molar-refractivity contribution is -0.180. The average Bonchev–Trinajstić information content (AvgIpc) is 2.27. The molecule has 1 fully saturated rings. The van der Waals surface area contributed by atoms with Gasteiger partial charge < -0.3 is 20.3 Å². The van der Waals surface area contributed by atoms with Gasteiger partial charge in [-0.2, -0.15) is 0 Å². The highest BCUT2D eigenvalue weighted by molar-refractivity contribution is 5.72. The lowest BCUT2D eigenvalue weighted by Crippen LogP contribution is -2.51. The van der Waals surface area contributed by atoms with E-state index < -0.39 is 17.7 Å². The van der Waals surface area contributed by atoms with Crippen LogP contribution < -0.4 is 5.73 Å². The van der Waals surface area contributed by atoms with Crippen LogP contribution in [0.1, 0.15) is 26.2 Å². The molecule has 0 aliphatic carbocycles. The molecule has 15 heavy (non-hydrogen) atoms. The molecule has 5 heteroatoms. The average molecular weight is 217 g/mol. The predicted octanol–water partition coefficient (Wildman–Crippen LogP) is 0.374. The van der Waals surface area contributed by atoms with E-state index in [2.05, 4.69) is 0 Å². The van der Waals surface area contributed by atoms with Crippen molar-refractivity contribution >= 4 is 5.97 Å². The second-order valence-corrected chi connectivity index (χ2v) is 3.90. The van der Waals surface area contributed by atoms with Gasteiger partial charge in [-0.05, 0) is 19.3 Å². The van der Waals surface area contributed by atoms with E-state index >= 15 is 0 Å². The first-order valence-electron chi connectivity index (χ1n) is 5.32. The van der Waals surface area contributed by atoms with Crippen LogP contribution in [0.3, 0.4) is 0 Å². The maximum Gasteiger partial charge on any atom is 0.332 e. The topological polar surface area (TPSA) is 81.8 Å². The lowest BCUT2D eigenvalue weighted by atomic mass is 9.96. The molecule has 2 unspecified atom stereocenters. The first-order valence-corrected chi connectivity index (χ1v) is 5.32. The minimum absolute atomic E-state index is 0.302. The molecule has 1 rings (SSSR count). The summed E-state index contributed by atoms with van der Waals surface area (Å²) >= 11 is 0. The number of hydrogen-bond acceptors (Lipinski definition) is 4. The minimum Gasteiger partial charge on any atom is -0.479 e. The van der Waals surface area contributed by atoms with Crippen LogP contribution in [0.5, 0.6) is 0 Å². The van der Waals surface area contributed by atoms with E-state index in [1.165, 1.54) is 0 Å². The van der Waals surface area contributed by atoms with E-state index in [0.29, 0.717) is 26.2 Å². The van der Waals surface area contributed by atoms with Crippen molar-refractivity contribution < 1.29 is 19.4 Å². The number of carbonyl (C=O) groups is 1. The molecule has 0 bridgehead atoms. The molecule has 0 amide bonds. The van der Waals surface area contributed by atoms with E-state index in [9.17, 15) is 4.79 Å². The maximum atomic E-state index is 10.9. The Morgan fingerprint density at radius 3 is 2.87 bits per heavy atom. The van der Waals surface area contributed by atoms with Crippen LogP contribution in [0.15, 0.2) is 0 Å². The Morgan fingerprint density at radius 2 is 2.47 bits per heavy atom. The molecule has 1 saturated heterocycles. The summed E-state index contributed by atoms with van der Waals surface area (Å²) in [6.07, 6.45) is 1.30. The molecule has 0 saturated carbocycles. The van der Waals surface area contributed by atoms with Crippen LogP contribution in [0.2, 0.25) is 0 Å². The number of hydrogen-bond donors (Lipinski definition) is 2. The molecule has 1 aliphatic heterocycles. The van der Waals surface area contributed by atoms with Gasteiger partial charge in [0.15, 0.2) is 6.10 Å². The zero-order chi connectivity index (χ0) is 11.3. The van der Waals surface area contributed by atoms with Crippen molar-refractivity contribution in [1.82, 2.24) is 0 Å². The molecular weight excluding hydrogens is 198 g/mol. The highest BCUT2D eigenvalue weighted by Crippen LogP contribution is 2.24. The molecular formula is C10H19NO4. The van der Waals surface area contributed by atoms with Crippen LogP contribution in [0.25, 0.3) is 0 Å². The normalized spacial score (nSPS) is 28.7. The zero-order valence-electron chi connectivity index (χ0n) is 9.07. The number of nitrogens with two attached hydrogens (primary N) is 1. The van der Waals surface area contributed by atoms with Gasteiger partial charge >= 0.3 is 5.97 Å². The summed E-state index contributed by atoms with van der Waals surface area (Å²) in [5, 5.41) is 8.91. The third-order valence-corrected chi connectivity index (χ3v) is 2.70. The van der Waals surface area contributed by atoms with Crippen LogP contribution in [0.4, 0.5) is 0 Å². The second-order valence-electron chi connectivity index (χ2n) is 3.90. The van der Waals surface area contributed by atoms with Gasteiger partial charge in [0.05, 0.1) is 6.61 Å². The molecule has 2 atom stereocenters. The molecule has 3 N–H and O–H groups in total. The summed E-state index contributed by atoms with van der Waals surface area (Å²) in [7, 11) is 0. The van der Waals surface area contributed by atoms with Crippen LogP contribution in [-0.2, 0) is 14.3 Å². The standard InChI is InChI=1S/C10H19NO4/c1-2-8(9(12)13)15-10(6-11)4-3-5-14-7-10/h8H,2-7,11H2,1H3,(H,12,13). The summed E-state index contributed by atoms with van der Waals surface area (Å²) in [5.41, 5.74) is 5.04. The van der Waals surface area contributed by atoms with Crippen molar-refractivity contribution in [1.29, 1.82) is 0 Å². The fourth-order valence-electron chi connectivity index (χ4n) is 1.74. The Bertz CT molecular complexity index is 213. The molecule has 0 spiro atoms. The third kappa shape index (κ3) is 3.15. The number of carboxylic acids is 1. The fourth-order valence-corrected chi connectivity index (χ4v) is 1.74. The number of ether oxygens (including phenoxy) is 2. The van der Waals surface area contributed by atoms with E-state index in [-0.39, 0.29) is 0 Å². The van der Waals surface area contributed by atoms with Gasteiger partial charge in [-0.25, -0.2) is 4.79 Å². The van der Waals surface area contributed by atoms with Crippen LogP contribution in [0, 0.1) is 0 Å². The Morgan fingerprint density at radius 1 is 1.73 bits per heavy atom. The van der Waals surface area contributed by atoms with Crippen molar-refractivity contribution in [2.24, 2.45) is 5.73 Å². The lowest BCUT2D eigenvalue weighted by Gasteiger charge is -2.37. The van der Waals surface area contributed by atoms with Gasteiger partial charge in [0.25, 0.3) is 0 Å². The molecule has 1 heterocycles. The minimum atomic E-state index is -0.934. The fraction of sp³-hybridized carbons (Fsp3) is 0.900. The van der Waals surface area contributed by atoms with E-state index in [0.717, 1.165) is 12.8 Å². The molecule has 0 radical (unpaired) electrons. The molecule has 5 nitrogen and oxygen atoms in total. The Balaban J connectivity index is 2.61. The Hall–Kier alpha value is -0.650. The molecule has 0 aromatic heterocycles. The van der Waals surface area contributed by atoms with Gasteiger partial charge in [0, 0.05) is 13.2 Å². The van der Waals surface area contributed by atoms with Gasteiger partial charge in [-0.1, -0.05) is 6.92 Å². The smallest absolute Gasteiger partial charge is 0.332 e. The van der Waals surface area contributed by atoms with Gasteiger partial charge in [0.1, 0.15) is 5.60 Å². The van der Waals surface area contributed by atoms with Crippen molar-refractivity contribution in [3.8, 4) is 0 Å². The van der Waals surface area contributed by atoms with E-state index in [1.54, 1.807) is 6.92 Å². The second kappa shape index (κ2) is 5.44. The monoisotopic (exact) mass is 217 g/mol. The number of carboxylic acid groups (broad SMARTS) is 1. The number of aliphatic carboxylic acids is 1. The molecule has 0 aromatic carbocycles. The largest absolute Gasteiger partial charge is 0.479 e. The third-order valence-electron chi connectivity index (χ3n) is 2.70. The first kappa shape index (κ1) is 12.4. The van der Waals surface area contributed by atoms with Gasteiger partial charge in [0.2, 0.25) is 0 Å². The van der Waals surface area contributed by atoms with Crippen LogP contribution in [-0.4, -0.2) is 42.5 Å². The molecule has 88 valence electrons. The summed E-state index contributed by atoms with van der Waals surface area (Å²) in [5.74, 6) is -0.934. The molecule has 1 aliphatic rings. The predicted molar refractivity (Wildman–Crippen MR) is 54.6 cm³/mol. The Kier molecular flexibility index (Phi) is 4.50. The van der Waals surface area contributed by atoms with Gasteiger partial charge in [-0.15, -0.1) is 0 Å². The first-order chi connectivity index (χ1) is 7.13. The quantitative estimate of drug-likeness (QED) is 0.695. The summed E-state index contributed by atoms with van der Waals surface area (Å²) in [6.45, 7) is 3.19. The zero-order valence-corrected chi connectivity index (χ0v) is 9.07. The van der Waals surface area contributed by atoms with Crippen molar-refractivity contribution in [2.75, 3.05) is 19.8 Å². The van der Waals surface area contributed by atoms with Crippen LogP contribution >= 0.6 is 0 Å². The van der Waals surface area contributed by atoms with Crippen molar-refractivity contribution in [3.63, 3.8) is 0 Å². The van der Waals surface area contributed by atoms with Crippen molar-refractivity contribution in [3.05, 3.63) is 0 Å². The van der Waals surface area contributed by atoms with E-state index in [1.807, 2.05) is 0 Å². The summed E-state index contributed by atoms with van der Waals surface area (Å²) < 4.78 is 10.9. The summed E-state index contributed by atoms with van der Waals surface area (Å²) in [4.78, 5) is 10.9. The highest BCUT2D eigenvalue weighted by Gasteiger charge is 2.36. The van der Waals surface area contributed by atoms with Gasteiger partial charge in [-0.3, -0.25) is 0 Å². The Labute approximate surface area is 89.5 Å². The maximum absolute atomic E-state index is 10.9. The molecule has 0 aromatic rings. The summed E-state index contributed by atoms with van der Waals surface area (Å²) in [6, 6.07) is 0. The highest BCUT2D eigenvalue weighted by atomic mass is 16.6. The van der Waals surface area contributed by atoms with E-state index in [4.69, 9.17) is 20.3 Å². The number of rotatable bonds is 5. The van der Waals surface area contributed by atoms with Crippen molar-refractivity contribution in [2.45, 2.75) is 37.9 Å². The SMILES string of the molecule is CCC(OC1(CN)CCCOC1)C(=O)O.